The fourth-order valence-electron chi connectivity index (χ4n) is 4.33. The van der Waals surface area contributed by atoms with E-state index in [1.165, 1.54) is 103 Å². The number of carbonyl (C=O) groups is 1. The average molecular weight is 338 g/mol. The molecule has 0 aromatic rings. The van der Waals surface area contributed by atoms with Crippen molar-refractivity contribution in [1.29, 1.82) is 0 Å². The number of nitrogens with two attached hydrogens (primary N) is 1. The summed E-state index contributed by atoms with van der Waals surface area (Å²) in [5.74, 6) is -0.00954. The Morgan fingerprint density at radius 2 is 1.12 bits per heavy atom. The zero-order valence-electron chi connectivity index (χ0n) is 16.4. The first-order chi connectivity index (χ1) is 11.7. The molecular weight excluding hydrogens is 294 g/mol. The Balaban J connectivity index is 2.35. The molecule has 1 aliphatic rings. The molecule has 0 aromatic carbocycles. The van der Waals surface area contributed by atoms with Gasteiger partial charge >= 0.3 is 0 Å². The maximum absolute atomic E-state index is 12.3. The van der Waals surface area contributed by atoms with Crippen molar-refractivity contribution in [2.24, 2.45) is 11.1 Å². The van der Waals surface area contributed by atoms with Crippen LogP contribution in [0.15, 0.2) is 0 Å². The molecule has 0 saturated heterocycles. The van der Waals surface area contributed by atoms with Crippen molar-refractivity contribution in [3.63, 3.8) is 0 Å². The van der Waals surface area contributed by atoms with E-state index in [1.54, 1.807) is 0 Å². The van der Waals surface area contributed by atoms with Gasteiger partial charge in [-0.25, -0.2) is 0 Å². The van der Waals surface area contributed by atoms with Crippen LogP contribution in [0.3, 0.4) is 0 Å². The van der Waals surface area contributed by atoms with Crippen molar-refractivity contribution in [3.8, 4) is 0 Å². The first-order valence-electron chi connectivity index (χ1n) is 11.0. The Hall–Kier alpha value is -0.530. The topological polar surface area (TPSA) is 43.1 Å². The van der Waals surface area contributed by atoms with Crippen molar-refractivity contribution in [3.05, 3.63) is 0 Å². The van der Waals surface area contributed by atoms with E-state index < -0.39 is 0 Å². The molecule has 1 aliphatic carbocycles. The highest BCUT2D eigenvalue weighted by Gasteiger charge is 2.34. The normalized spacial score (nSPS) is 19.5. The van der Waals surface area contributed by atoms with Gasteiger partial charge in [-0.15, -0.1) is 0 Å². The van der Waals surface area contributed by atoms with Gasteiger partial charge in [-0.2, -0.15) is 0 Å². The Labute approximate surface area is 151 Å². The lowest BCUT2D eigenvalue weighted by Crippen LogP contribution is -2.37. The van der Waals surface area contributed by atoms with E-state index in [0.29, 0.717) is 0 Å². The van der Waals surface area contributed by atoms with Crippen molar-refractivity contribution in [2.45, 2.75) is 129 Å². The Morgan fingerprint density at radius 1 is 0.708 bits per heavy atom. The first kappa shape index (κ1) is 21.5. The molecule has 1 saturated carbocycles. The number of rotatable bonds is 10. The summed E-state index contributed by atoms with van der Waals surface area (Å²) in [6.45, 7) is 2.27. The van der Waals surface area contributed by atoms with Crippen molar-refractivity contribution < 1.29 is 4.79 Å². The predicted octanol–water partition coefficient (Wildman–Crippen LogP) is 6.90. The minimum absolute atomic E-state index is 0.00954. The van der Waals surface area contributed by atoms with Gasteiger partial charge in [-0.05, 0) is 19.3 Å². The van der Waals surface area contributed by atoms with E-state index in [-0.39, 0.29) is 11.3 Å². The summed E-state index contributed by atoms with van der Waals surface area (Å²) in [5.41, 5.74) is 5.72. The molecule has 0 atom stereocenters. The molecule has 0 aliphatic heterocycles. The summed E-state index contributed by atoms with van der Waals surface area (Å²) in [5, 5.41) is 0. The largest absolute Gasteiger partial charge is 0.369 e. The van der Waals surface area contributed by atoms with Crippen LogP contribution in [0.2, 0.25) is 0 Å². The lowest BCUT2D eigenvalue weighted by Gasteiger charge is -2.31. The molecular formula is C22H43NO. The van der Waals surface area contributed by atoms with Gasteiger partial charge in [0.15, 0.2) is 0 Å². The van der Waals surface area contributed by atoms with Crippen LogP contribution in [-0.2, 0) is 4.79 Å². The molecule has 142 valence electrons. The van der Waals surface area contributed by atoms with Crippen molar-refractivity contribution >= 4 is 5.91 Å². The summed E-state index contributed by atoms with van der Waals surface area (Å²) >= 11 is 0. The molecule has 0 heterocycles. The number of carbonyl (C=O) groups excluding carboxylic acids is 1. The van der Waals surface area contributed by atoms with Gasteiger partial charge in [0, 0.05) is 5.41 Å². The molecule has 2 nitrogen and oxygen atoms in total. The van der Waals surface area contributed by atoms with Gasteiger partial charge in [0.05, 0.1) is 0 Å². The molecule has 1 amide bonds. The second kappa shape index (κ2) is 13.7. The number of hydrogen-bond donors (Lipinski definition) is 1. The van der Waals surface area contributed by atoms with Crippen LogP contribution in [0.25, 0.3) is 0 Å². The smallest absolute Gasteiger partial charge is 0.223 e. The molecule has 24 heavy (non-hydrogen) atoms. The zero-order chi connectivity index (χ0) is 17.5. The van der Waals surface area contributed by atoms with E-state index in [2.05, 4.69) is 6.92 Å². The van der Waals surface area contributed by atoms with E-state index >= 15 is 0 Å². The van der Waals surface area contributed by atoms with Gasteiger partial charge in [-0.1, -0.05) is 110 Å². The molecule has 0 bridgehead atoms. The third-order valence-corrected chi connectivity index (χ3v) is 6.09. The van der Waals surface area contributed by atoms with Gasteiger partial charge in [0.25, 0.3) is 0 Å². The number of primary amides is 1. The molecule has 0 aromatic heterocycles. The highest BCUT2D eigenvalue weighted by molar-refractivity contribution is 5.80. The lowest BCUT2D eigenvalue weighted by atomic mass is 9.73. The van der Waals surface area contributed by atoms with Crippen LogP contribution in [0.5, 0.6) is 0 Å². The van der Waals surface area contributed by atoms with Crippen LogP contribution < -0.4 is 5.73 Å². The summed E-state index contributed by atoms with van der Waals surface area (Å²) in [6.07, 6.45) is 24.2. The molecule has 2 heteroatoms. The summed E-state index contributed by atoms with van der Waals surface area (Å²) < 4.78 is 0. The molecule has 0 spiro atoms. The molecule has 2 N–H and O–H groups in total. The standard InChI is InChI=1S/C22H43NO/c1-2-3-4-5-6-9-12-15-18-22(21(23)24)19-16-13-10-7-8-11-14-17-20-22/h2-20H2,1H3,(H2,23,24). The van der Waals surface area contributed by atoms with E-state index in [0.717, 1.165) is 19.3 Å². The SMILES string of the molecule is CCCCCCCCCCC1(C(N)=O)CCCCCCCCCC1. The van der Waals surface area contributed by atoms with Crippen LogP contribution in [0.4, 0.5) is 0 Å². The van der Waals surface area contributed by atoms with Gasteiger partial charge in [0.2, 0.25) is 5.91 Å². The van der Waals surface area contributed by atoms with Crippen molar-refractivity contribution in [2.75, 3.05) is 0 Å². The van der Waals surface area contributed by atoms with E-state index in [9.17, 15) is 4.79 Å². The van der Waals surface area contributed by atoms with Gasteiger partial charge in [-0.3, -0.25) is 4.79 Å². The minimum Gasteiger partial charge on any atom is -0.369 e. The second-order valence-corrected chi connectivity index (χ2v) is 8.20. The third kappa shape index (κ3) is 9.08. The van der Waals surface area contributed by atoms with Gasteiger partial charge in [0.1, 0.15) is 0 Å². The first-order valence-corrected chi connectivity index (χ1v) is 11.0. The number of unbranched alkanes of at least 4 members (excludes halogenated alkanes) is 7. The van der Waals surface area contributed by atoms with E-state index in [1.807, 2.05) is 0 Å². The Bertz CT molecular complexity index is 301. The average Bonchev–Trinajstić information content (AvgIpc) is 2.62. The minimum atomic E-state index is -0.188. The zero-order valence-corrected chi connectivity index (χ0v) is 16.4. The predicted molar refractivity (Wildman–Crippen MR) is 105 cm³/mol. The summed E-state index contributed by atoms with van der Waals surface area (Å²) in [6, 6.07) is 0. The molecule has 0 radical (unpaired) electrons. The fourth-order valence-corrected chi connectivity index (χ4v) is 4.33. The molecule has 1 fully saturated rings. The van der Waals surface area contributed by atoms with Crippen LogP contribution in [0, 0.1) is 5.41 Å². The lowest BCUT2D eigenvalue weighted by molar-refractivity contribution is -0.129. The Morgan fingerprint density at radius 3 is 1.58 bits per heavy atom. The highest BCUT2D eigenvalue weighted by atomic mass is 16.1. The highest BCUT2D eigenvalue weighted by Crippen LogP contribution is 2.37. The summed E-state index contributed by atoms with van der Waals surface area (Å²) in [7, 11) is 0. The monoisotopic (exact) mass is 337 g/mol. The second-order valence-electron chi connectivity index (χ2n) is 8.20. The maximum Gasteiger partial charge on any atom is 0.223 e. The fraction of sp³-hybridized carbons (Fsp3) is 0.955. The van der Waals surface area contributed by atoms with Crippen molar-refractivity contribution in [1.82, 2.24) is 0 Å². The maximum atomic E-state index is 12.3. The van der Waals surface area contributed by atoms with Crippen LogP contribution >= 0.6 is 0 Å². The Kier molecular flexibility index (Phi) is 12.3. The molecule has 0 unspecified atom stereocenters. The number of hydrogen-bond acceptors (Lipinski definition) is 1. The molecule has 1 rings (SSSR count). The van der Waals surface area contributed by atoms with Crippen LogP contribution in [-0.4, -0.2) is 5.91 Å². The third-order valence-electron chi connectivity index (χ3n) is 6.09. The quantitative estimate of drug-likeness (QED) is 0.433. The van der Waals surface area contributed by atoms with Gasteiger partial charge < -0.3 is 5.73 Å². The number of amides is 1. The van der Waals surface area contributed by atoms with E-state index in [4.69, 9.17) is 5.73 Å². The van der Waals surface area contributed by atoms with Crippen LogP contribution in [0.1, 0.15) is 129 Å². The summed E-state index contributed by atoms with van der Waals surface area (Å²) in [4.78, 5) is 12.3.